The van der Waals surface area contributed by atoms with Crippen molar-refractivity contribution in [2.45, 2.75) is 19.8 Å². The summed E-state index contributed by atoms with van der Waals surface area (Å²) in [7, 11) is 0. The van der Waals surface area contributed by atoms with Crippen LogP contribution in [0.3, 0.4) is 0 Å². The van der Waals surface area contributed by atoms with E-state index in [0.717, 1.165) is 11.8 Å². The molecule has 0 aliphatic carbocycles. The fraction of sp³-hybridized carbons (Fsp3) is 0.214. The van der Waals surface area contributed by atoms with E-state index in [4.69, 9.17) is 4.74 Å². The molecule has 0 bridgehead atoms. The minimum absolute atomic E-state index is 0.105. The fourth-order valence-electron chi connectivity index (χ4n) is 1.67. The Morgan fingerprint density at radius 1 is 1.33 bits per heavy atom. The van der Waals surface area contributed by atoms with Gasteiger partial charge in [-0.1, -0.05) is 12.1 Å². The molecule has 0 spiro atoms. The lowest BCUT2D eigenvalue weighted by atomic mass is 10.1. The van der Waals surface area contributed by atoms with Crippen molar-refractivity contribution in [2.75, 3.05) is 0 Å². The number of nitrogens with zero attached hydrogens (tertiary/aromatic N) is 3. The molecule has 108 valence electrons. The van der Waals surface area contributed by atoms with Crippen LogP contribution in [0.2, 0.25) is 0 Å². The van der Waals surface area contributed by atoms with Crippen molar-refractivity contribution in [3.05, 3.63) is 52.5 Å². The molecular weight excluding hydrogens is 274 g/mol. The zero-order chi connectivity index (χ0) is 15.2. The van der Waals surface area contributed by atoms with Crippen LogP contribution in [0, 0.1) is 10.1 Å². The SMILES string of the molecule is CC(=O)CCc1ccc(Oc2ncncc2[N+](=O)[O-])cc1. The largest absolute Gasteiger partial charge is 0.434 e. The Kier molecular flexibility index (Phi) is 4.55. The van der Waals surface area contributed by atoms with E-state index < -0.39 is 4.92 Å². The molecule has 1 heterocycles. The first-order valence-electron chi connectivity index (χ1n) is 6.27. The Hall–Kier alpha value is -2.83. The Morgan fingerprint density at radius 3 is 2.67 bits per heavy atom. The molecule has 0 aliphatic heterocycles. The van der Waals surface area contributed by atoms with Gasteiger partial charge in [-0.3, -0.25) is 10.1 Å². The molecule has 0 fully saturated rings. The average Bonchev–Trinajstić information content (AvgIpc) is 2.47. The van der Waals surface area contributed by atoms with Crippen LogP contribution in [0.5, 0.6) is 11.6 Å². The lowest BCUT2D eigenvalue weighted by Gasteiger charge is -2.05. The van der Waals surface area contributed by atoms with Gasteiger partial charge in [-0.05, 0) is 31.0 Å². The molecule has 1 aromatic carbocycles. The van der Waals surface area contributed by atoms with Crippen molar-refractivity contribution in [1.29, 1.82) is 0 Å². The van der Waals surface area contributed by atoms with Crippen LogP contribution in [-0.4, -0.2) is 20.7 Å². The summed E-state index contributed by atoms with van der Waals surface area (Å²) in [5.41, 5.74) is 0.702. The summed E-state index contributed by atoms with van der Waals surface area (Å²) in [4.78, 5) is 28.5. The lowest BCUT2D eigenvalue weighted by Crippen LogP contribution is -1.97. The third kappa shape index (κ3) is 4.07. The van der Waals surface area contributed by atoms with Crippen molar-refractivity contribution < 1.29 is 14.5 Å². The number of aromatic nitrogens is 2. The van der Waals surface area contributed by atoms with E-state index in [0.29, 0.717) is 18.6 Å². The quantitative estimate of drug-likeness (QED) is 0.598. The number of rotatable bonds is 6. The average molecular weight is 287 g/mol. The predicted molar refractivity (Wildman–Crippen MR) is 74.2 cm³/mol. The molecule has 7 heteroatoms. The molecule has 1 aromatic heterocycles. The summed E-state index contributed by atoms with van der Waals surface area (Å²) < 4.78 is 5.39. The van der Waals surface area contributed by atoms with E-state index in [9.17, 15) is 14.9 Å². The number of nitro groups is 1. The van der Waals surface area contributed by atoms with Gasteiger partial charge in [0.1, 0.15) is 24.1 Å². The highest BCUT2D eigenvalue weighted by Crippen LogP contribution is 2.27. The minimum atomic E-state index is -0.601. The third-order valence-corrected chi connectivity index (χ3v) is 2.76. The lowest BCUT2D eigenvalue weighted by molar-refractivity contribution is -0.386. The summed E-state index contributed by atoms with van der Waals surface area (Å²) >= 11 is 0. The van der Waals surface area contributed by atoms with E-state index in [1.165, 1.54) is 6.33 Å². The molecule has 0 aliphatic rings. The molecule has 0 atom stereocenters. The van der Waals surface area contributed by atoms with Crippen LogP contribution in [0.25, 0.3) is 0 Å². The van der Waals surface area contributed by atoms with Gasteiger partial charge in [-0.25, -0.2) is 4.98 Å². The second kappa shape index (κ2) is 6.56. The van der Waals surface area contributed by atoms with Crippen LogP contribution in [0.4, 0.5) is 5.69 Å². The molecule has 2 aromatic rings. The Bertz CT molecular complexity index is 656. The Labute approximate surface area is 120 Å². The number of ketones is 1. The smallest absolute Gasteiger partial charge is 0.349 e. The summed E-state index contributed by atoms with van der Waals surface area (Å²) in [6, 6.07) is 6.99. The molecule has 0 unspecified atom stereocenters. The molecule has 2 rings (SSSR count). The molecule has 0 saturated heterocycles. The summed E-state index contributed by atoms with van der Waals surface area (Å²) in [5, 5.41) is 10.8. The van der Waals surface area contributed by atoms with Crippen molar-refractivity contribution >= 4 is 11.5 Å². The third-order valence-electron chi connectivity index (χ3n) is 2.76. The minimum Gasteiger partial charge on any atom is -0.434 e. The first-order valence-corrected chi connectivity index (χ1v) is 6.27. The van der Waals surface area contributed by atoms with Gasteiger partial charge in [-0.15, -0.1) is 0 Å². The zero-order valence-corrected chi connectivity index (χ0v) is 11.4. The number of benzene rings is 1. The van der Waals surface area contributed by atoms with Crippen LogP contribution in [0.1, 0.15) is 18.9 Å². The number of hydrogen-bond donors (Lipinski definition) is 0. The first kappa shape index (κ1) is 14.6. The van der Waals surface area contributed by atoms with E-state index in [1.807, 2.05) is 12.1 Å². The van der Waals surface area contributed by atoms with Gasteiger partial charge in [0.25, 0.3) is 0 Å². The molecule has 0 radical (unpaired) electrons. The van der Waals surface area contributed by atoms with Gasteiger partial charge in [0.05, 0.1) is 4.92 Å². The molecule has 0 saturated carbocycles. The number of carbonyl (C=O) groups is 1. The van der Waals surface area contributed by atoms with Crippen LogP contribution < -0.4 is 4.74 Å². The van der Waals surface area contributed by atoms with Crippen LogP contribution in [0.15, 0.2) is 36.8 Å². The topological polar surface area (TPSA) is 95.2 Å². The Morgan fingerprint density at radius 2 is 2.05 bits per heavy atom. The van der Waals surface area contributed by atoms with Gasteiger partial charge in [0, 0.05) is 6.42 Å². The van der Waals surface area contributed by atoms with Crippen LogP contribution >= 0.6 is 0 Å². The van der Waals surface area contributed by atoms with Gasteiger partial charge in [0.2, 0.25) is 0 Å². The first-order chi connectivity index (χ1) is 10.1. The molecule has 21 heavy (non-hydrogen) atoms. The van der Waals surface area contributed by atoms with E-state index in [1.54, 1.807) is 19.1 Å². The number of carbonyl (C=O) groups excluding carboxylic acids is 1. The summed E-state index contributed by atoms with van der Waals surface area (Å²) in [5.74, 6) is 0.460. The predicted octanol–water partition coefficient (Wildman–Crippen LogP) is 2.70. The number of hydrogen-bond acceptors (Lipinski definition) is 6. The van der Waals surface area contributed by atoms with E-state index in [2.05, 4.69) is 9.97 Å². The normalized spacial score (nSPS) is 10.1. The highest BCUT2D eigenvalue weighted by Gasteiger charge is 2.17. The Balaban J connectivity index is 2.10. The second-order valence-corrected chi connectivity index (χ2v) is 4.42. The maximum absolute atomic E-state index is 10.9. The monoisotopic (exact) mass is 287 g/mol. The summed E-state index contributed by atoms with van der Waals surface area (Å²) in [6.07, 6.45) is 3.41. The van der Waals surface area contributed by atoms with Gasteiger partial charge >= 0.3 is 11.6 Å². The number of ether oxygens (including phenoxy) is 1. The van der Waals surface area contributed by atoms with Gasteiger partial charge in [0.15, 0.2) is 0 Å². The van der Waals surface area contributed by atoms with Gasteiger partial charge < -0.3 is 9.53 Å². The highest BCUT2D eigenvalue weighted by molar-refractivity contribution is 5.75. The fourth-order valence-corrected chi connectivity index (χ4v) is 1.67. The van der Waals surface area contributed by atoms with E-state index in [-0.39, 0.29) is 17.4 Å². The molecule has 7 nitrogen and oxygen atoms in total. The van der Waals surface area contributed by atoms with Crippen molar-refractivity contribution in [1.82, 2.24) is 9.97 Å². The van der Waals surface area contributed by atoms with Crippen LogP contribution in [-0.2, 0) is 11.2 Å². The summed E-state index contributed by atoms with van der Waals surface area (Å²) in [6.45, 7) is 1.55. The number of aryl methyl sites for hydroxylation is 1. The maximum atomic E-state index is 10.9. The van der Waals surface area contributed by atoms with Crippen molar-refractivity contribution in [3.63, 3.8) is 0 Å². The van der Waals surface area contributed by atoms with Crippen molar-refractivity contribution in [2.24, 2.45) is 0 Å². The molecular formula is C14H13N3O4. The standard InChI is InChI=1S/C14H13N3O4/c1-10(18)2-3-11-4-6-12(7-5-11)21-14-13(17(19)20)8-15-9-16-14/h4-9H,2-3H2,1H3. The highest BCUT2D eigenvalue weighted by atomic mass is 16.6. The zero-order valence-electron chi connectivity index (χ0n) is 11.4. The maximum Gasteiger partial charge on any atom is 0.349 e. The van der Waals surface area contributed by atoms with Gasteiger partial charge in [-0.2, -0.15) is 4.98 Å². The molecule has 0 amide bonds. The molecule has 0 N–H and O–H groups in total. The second-order valence-electron chi connectivity index (χ2n) is 4.42. The van der Waals surface area contributed by atoms with Crippen molar-refractivity contribution in [3.8, 4) is 11.6 Å². The number of Topliss-reactive ketones (excluding diaryl/α,β-unsaturated/α-hetero) is 1. The van der Waals surface area contributed by atoms with E-state index >= 15 is 0 Å².